The highest BCUT2D eigenvalue weighted by molar-refractivity contribution is 6.17. The van der Waals surface area contributed by atoms with E-state index in [0.717, 1.165) is 12.3 Å². The molecule has 0 radical (unpaired) electrons. The standard InChI is InChI=1S/C3H7Cl.CH3NO/c1-2-3-4;2-1-3/h2-3H2,1H3;1H,(H2,2,3). The van der Waals surface area contributed by atoms with E-state index in [1.165, 1.54) is 0 Å². The fraction of sp³-hybridized carbons (Fsp3) is 0.750. The SMILES string of the molecule is CCCCl.NC=O. The van der Waals surface area contributed by atoms with Gasteiger partial charge in [0.15, 0.2) is 0 Å². The third kappa shape index (κ3) is 141. The predicted molar refractivity (Wildman–Crippen MR) is 31.3 cm³/mol. The van der Waals surface area contributed by atoms with Crippen LogP contribution in [0.2, 0.25) is 0 Å². The van der Waals surface area contributed by atoms with Gasteiger partial charge in [0.05, 0.1) is 0 Å². The first-order chi connectivity index (χ1) is 3.33. The molecule has 44 valence electrons. The number of primary amides is 1. The summed E-state index contributed by atoms with van der Waals surface area (Å²) in [5, 5.41) is 0. The van der Waals surface area contributed by atoms with Gasteiger partial charge in [-0.3, -0.25) is 4.79 Å². The fourth-order valence-electron chi connectivity index (χ4n) is 0. The van der Waals surface area contributed by atoms with E-state index in [-0.39, 0.29) is 6.41 Å². The number of hydrogen-bond acceptors (Lipinski definition) is 1. The minimum absolute atomic E-state index is 0.250. The summed E-state index contributed by atoms with van der Waals surface area (Å²) in [6.45, 7) is 2.05. The van der Waals surface area contributed by atoms with Crippen molar-refractivity contribution in [2.75, 3.05) is 5.88 Å². The zero-order chi connectivity index (χ0) is 6.12. The van der Waals surface area contributed by atoms with E-state index in [1.54, 1.807) is 0 Å². The lowest BCUT2D eigenvalue weighted by molar-refractivity contribution is -0.106. The summed E-state index contributed by atoms with van der Waals surface area (Å²) in [5.41, 5.74) is 4.17. The highest BCUT2D eigenvalue weighted by Crippen LogP contribution is 1.75. The quantitative estimate of drug-likeness (QED) is 0.406. The van der Waals surface area contributed by atoms with Crippen LogP contribution in [0.1, 0.15) is 13.3 Å². The molecule has 2 nitrogen and oxygen atoms in total. The summed E-state index contributed by atoms with van der Waals surface area (Å²) >= 11 is 5.19. The predicted octanol–water partition coefficient (Wildman–Crippen LogP) is 0.737. The van der Waals surface area contributed by atoms with Crippen molar-refractivity contribution in [2.24, 2.45) is 5.73 Å². The van der Waals surface area contributed by atoms with Crippen molar-refractivity contribution in [3.8, 4) is 0 Å². The van der Waals surface area contributed by atoms with Gasteiger partial charge in [0, 0.05) is 5.88 Å². The first-order valence-electron chi connectivity index (χ1n) is 2.04. The molecular weight excluding hydrogens is 114 g/mol. The number of hydrogen-bond donors (Lipinski definition) is 1. The second-order valence-electron chi connectivity index (χ2n) is 0.825. The van der Waals surface area contributed by atoms with Gasteiger partial charge in [-0.05, 0) is 6.42 Å². The number of carbonyl (C=O) groups excluding carboxylic acids is 1. The summed E-state index contributed by atoms with van der Waals surface area (Å²) in [6, 6.07) is 0. The summed E-state index contributed by atoms with van der Waals surface area (Å²) in [5.74, 6) is 0.792. The Morgan fingerprint density at radius 3 is 2.00 bits per heavy atom. The molecule has 0 atom stereocenters. The lowest BCUT2D eigenvalue weighted by Gasteiger charge is -1.65. The van der Waals surface area contributed by atoms with Gasteiger partial charge < -0.3 is 5.73 Å². The third-order valence-corrected chi connectivity index (χ3v) is 0.567. The molecule has 0 heterocycles. The topological polar surface area (TPSA) is 43.1 Å². The van der Waals surface area contributed by atoms with Crippen LogP contribution in [0, 0.1) is 0 Å². The van der Waals surface area contributed by atoms with Crippen molar-refractivity contribution in [2.45, 2.75) is 13.3 Å². The number of nitrogens with two attached hydrogens (primary N) is 1. The lowest BCUT2D eigenvalue weighted by Crippen LogP contribution is -1.82. The molecule has 7 heavy (non-hydrogen) atoms. The third-order valence-electron chi connectivity index (χ3n) is 0.189. The Labute approximate surface area is 48.6 Å². The van der Waals surface area contributed by atoms with Crippen LogP contribution in [0.3, 0.4) is 0 Å². The number of halogens is 1. The number of rotatable bonds is 1. The average Bonchev–Trinajstić information content (AvgIpc) is 1.69. The molecule has 0 rings (SSSR count). The molecular formula is C4H10ClNO. The fourth-order valence-corrected chi connectivity index (χ4v) is 0. The first-order valence-corrected chi connectivity index (χ1v) is 2.58. The zero-order valence-corrected chi connectivity index (χ0v) is 5.11. The summed E-state index contributed by atoms with van der Waals surface area (Å²) < 4.78 is 0. The van der Waals surface area contributed by atoms with Crippen LogP contribution in [0.25, 0.3) is 0 Å². The number of carbonyl (C=O) groups is 1. The maximum atomic E-state index is 8.58. The molecule has 0 bridgehead atoms. The summed E-state index contributed by atoms with van der Waals surface area (Å²) in [7, 11) is 0. The smallest absolute Gasteiger partial charge is 0.204 e. The normalized spacial score (nSPS) is 6.00. The van der Waals surface area contributed by atoms with Gasteiger partial charge >= 0.3 is 0 Å². The van der Waals surface area contributed by atoms with Crippen molar-refractivity contribution < 1.29 is 4.79 Å². The minimum atomic E-state index is 0.250. The van der Waals surface area contributed by atoms with Crippen LogP contribution in [0.15, 0.2) is 0 Å². The second kappa shape index (κ2) is 17.1. The van der Waals surface area contributed by atoms with Crippen LogP contribution in [0.4, 0.5) is 0 Å². The maximum absolute atomic E-state index is 8.58. The molecule has 0 unspecified atom stereocenters. The highest BCUT2D eigenvalue weighted by Gasteiger charge is 1.59. The Balaban J connectivity index is 0. The van der Waals surface area contributed by atoms with Gasteiger partial charge in [-0.25, -0.2) is 0 Å². The molecule has 0 spiro atoms. The van der Waals surface area contributed by atoms with E-state index >= 15 is 0 Å². The van der Waals surface area contributed by atoms with Crippen molar-refractivity contribution in [3.63, 3.8) is 0 Å². The minimum Gasteiger partial charge on any atom is -0.372 e. The van der Waals surface area contributed by atoms with Crippen LogP contribution >= 0.6 is 11.6 Å². The summed E-state index contributed by atoms with van der Waals surface area (Å²) in [4.78, 5) is 8.58. The van der Waals surface area contributed by atoms with E-state index in [9.17, 15) is 0 Å². The molecule has 0 aromatic heterocycles. The molecule has 0 aliphatic heterocycles. The van der Waals surface area contributed by atoms with Gasteiger partial charge in [0.1, 0.15) is 0 Å². The van der Waals surface area contributed by atoms with Crippen LogP contribution < -0.4 is 5.73 Å². The molecule has 1 amide bonds. The van der Waals surface area contributed by atoms with E-state index in [1.807, 2.05) is 6.92 Å². The number of amides is 1. The molecule has 0 saturated heterocycles. The molecule has 0 aromatic carbocycles. The lowest BCUT2D eigenvalue weighted by atomic mass is 10.6. The van der Waals surface area contributed by atoms with E-state index < -0.39 is 0 Å². The second-order valence-corrected chi connectivity index (χ2v) is 1.20. The van der Waals surface area contributed by atoms with Gasteiger partial charge in [-0.2, -0.15) is 0 Å². The molecule has 0 saturated carbocycles. The Kier molecular flexibility index (Phi) is 24.2. The van der Waals surface area contributed by atoms with Crippen LogP contribution in [-0.4, -0.2) is 12.3 Å². The molecule has 2 N–H and O–H groups in total. The molecule has 3 heteroatoms. The van der Waals surface area contributed by atoms with E-state index in [0.29, 0.717) is 0 Å². The van der Waals surface area contributed by atoms with Gasteiger partial charge in [0.2, 0.25) is 6.41 Å². The van der Waals surface area contributed by atoms with Crippen LogP contribution in [-0.2, 0) is 4.79 Å². The maximum Gasteiger partial charge on any atom is 0.204 e. The van der Waals surface area contributed by atoms with Crippen LogP contribution in [0.5, 0.6) is 0 Å². The Morgan fingerprint density at radius 2 is 2.00 bits per heavy atom. The Hall–Kier alpha value is -0.240. The Morgan fingerprint density at radius 1 is 1.86 bits per heavy atom. The first kappa shape index (κ1) is 9.90. The van der Waals surface area contributed by atoms with Crippen molar-refractivity contribution in [3.05, 3.63) is 0 Å². The largest absolute Gasteiger partial charge is 0.372 e. The molecule has 0 fully saturated rings. The molecule has 0 aromatic rings. The van der Waals surface area contributed by atoms with Gasteiger partial charge in [-0.15, -0.1) is 11.6 Å². The monoisotopic (exact) mass is 123 g/mol. The average molecular weight is 124 g/mol. The Bertz CT molecular complexity index is 30.9. The van der Waals surface area contributed by atoms with E-state index in [2.05, 4.69) is 5.73 Å². The number of alkyl halides is 1. The molecule has 0 aliphatic rings. The zero-order valence-electron chi connectivity index (χ0n) is 4.36. The van der Waals surface area contributed by atoms with Crippen molar-refractivity contribution >= 4 is 18.0 Å². The van der Waals surface area contributed by atoms with Gasteiger partial charge in [0.25, 0.3) is 0 Å². The molecule has 0 aliphatic carbocycles. The van der Waals surface area contributed by atoms with E-state index in [4.69, 9.17) is 16.4 Å². The van der Waals surface area contributed by atoms with Crippen molar-refractivity contribution in [1.82, 2.24) is 0 Å². The van der Waals surface area contributed by atoms with Crippen molar-refractivity contribution in [1.29, 1.82) is 0 Å². The summed E-state index contributed by atoms with van der Waals surface area (Å²) in [6.07, 6.45) is 1.33. The van der Waals surface area contributed by atoms with Gasteiger partial charge in [-0.1, -0.05) is 6.92 Å². The highest BCUT2D eigenvalue weighted by atomic mass is 35.5.